The monoisotopic (exact) mass is 429 g/mol. The number of piperidine rings is 1. The number of nitriles is 1. The molecule has 0 saturated carbocycles. The number of hydrogen-bond acceptors (Lipinski definition) is 7. The van der Waals surface area contributed by atoms with Gasteiger partial charge in [-0.05, 0) is 63.2 Å². The van der Waals surface area contributed by atoms with Crippen molar-refractivity contribution in [3.8, 4) is 17.3 Å². The van der Waals surface area contributed by atoms with Crippen LogP contribution in [0.3, 0.4) is 0 Å². The Morgan fingerprint density at radius 1 is 1.22 bits per heavy atom. The van der Waals surface area contributed by atoms with Crippen molar-refractivity contribution in [2.45, 2.75) is 25.7 Å². The molecule has 4 rings (SSSR count). The number of nitrogens with one attached hydrogen (secondary N) is 1. The second-order valence-electron chi connectivity index (χ2n) is 7.99. The predicted molar refractivity (Wildman–Crippen MR) is 124 cm³/mol. The first kappa shape index (κ1) is 21.7. The van der Waals surface area contributed by atoms with Crippen LogP contribution in [0.2, 0.25) is 0 Å². The summed E-state index contributed by atoms with van der Waals surface area (Å²) < 4.78 is 4.77. The molecule has 1 N–H and O–H groups in total. The molecule has 0 unspecified atom stereocenters. The molecule has 0 radical (unpaired) electrons. The van der Waals surface area contributed by atoms with Crippen molar-refractivity contribution in [2.75, 3.05) is 38.6 Å². The van der Waals surface area contributed by atoms with Gasteiger partial charge in [-0.2, -0.15) is 5.26 Å². The lowest BCUT2D eigenvalue weighted by molar-refractivity contribution is 0.0600. The van der Waals surface area contributed by atoms with Gasteiger partial charge < -0.3 is 15.0 Å². The molecule has 1 aliphatic heterocycles. The molecule has 1 aromatic carbocycles. The molecular weight excluding hydrogens is 402 g/mol. The van der Waals surface area contributed by atoms with E-state index in [0.29, 0.717) is 22.4 Å². The van der Waals surface area contributed by atoms with Crippen LogP contribution in [-0.4, -0.2) is 54.1 Å². The molecule has 3 heterocycles. The van der Waals surface area contributed by atoms with Gasteiger partial charge in [0.05, 0.1) is 35.5 Å². The molecule has 2 aromatic heterocycles. The first-order valence-electron chi connectivity index (χ1n) is 11.0. The van der Waals surface area contributed by atoms with Crippen LogP contribution in [0.15, 0.2) is 42.7 Å². The highest BCUT2D eigenvalue weighted by Gasteiger charge is 2.15. The molecule has 1 saturated heterocycles. The summed E-state index contributed by atoms with van der Waals surface area (Å²) in [4.78, 5) is 23.4. The van der Waals surface area contributed by atoms with Gasteiger partial charge in [0.15, 0.2) is 0 Å². The minimum Gasteiger partial charge on any atom is -0.465 e. The second-order valence-corrected chi connectivity index (χ2v) is 7.99. The molecule has 0 bridgehead atoms. The van der Waals surface area contributed by atoms with E-state index in [1.165, 1.54) is 39.5 Å². The third-order valence-electron chi connectivity index (χ3n) is 5.86. The third-order valence-corrected chi connectivity index (χ3v) is 5.86. The van der Waals surface area contributed by atoms with Crippen molar-refractivity contribution >= 4 is 22.6 Å². The number of carbonyl (C=O) groups excluding carboxylic acids is 1. The lowest BCUT2D eigenvalue weighted by Crippen LogP contribution is -2.31. The Hall–Kier alpha value is -3.50. The van der Waals surface area contributed by atoms with Gasteiger partial charge in [-0.15, -0.1) is 0 Å². The number of likely N-dealkylation sites (tertiary alicyclic amines) is 1. The topological polar surface area (TPSA) is 91.1 Å². The zero-order chi connectivity index (χ0) is 22.3. The second kappa shape index (κ2) is 10.2. The van der Waals surface area contributed by atoms with Gasteiger partial charge in [-0.3, -0.25) is 4.98 Å². The quantitative estimate of drug-likeness (QED) is 0.444. The number of hydrogen-bond donors (Lipinski definition) is 1. The number of carbonyl (C=O) groups is 1. The van der Waals surface area contributed by atoms with Crippen LogP contribution >= 0.6 is 0 Å². The van der Waals surface area contributed by atoms with E-state index in [2.05, 4.69) is 21.3 Å². The smallest absolute Gasteiger partial charge is 0.337 e. The summed E-state index contributed by atoms with van der Waals surface area (Å²) in [5.74, 6) is -0.471. The number of benzene rings is 1. The average Bonchev–Trinajstić information content (AvgIpc) is 2.86. The van der Waals surface area contributed by atoms with Gasteiger partial charge in [0.1, 0.15) is 0 Å². The maximum absolute atomic E-state index is 11.9. The van der Waals surface area contributed by atoms with Gasteiger partial charge in [0.25, 0.3) is 0 Å². The summed E-state index contributed by atoms with van der Waals surface area (Å²) in [6.45, 7) is 4.33. The maximum Gasteiger partial charge on any atom is 0.337 e. The van der Waals surface area contributed by atoms with E-state index in [1.807, 2.05) is 18.3 Å². The molecule has 0 spiro atoms. The Kier molecular flexibility index (Phi) is 6.93. The first-order chi connectivity index (χ1) is 15.7. The van der Waals surface area contributed by atoms with E-state index in [1.54, 1.807) is 24.4 Å². The first-order valence-corrected chi connectivity index (χ1v) is 11.0. The molecule has 1 fully saturated rings. The number of methoxy groups -OCH3 is 1. The maximum atomic E-state index is 11.9. The Morgan fingerprint density at radius 2 is 2.06 bits per heavy atom. The summed E-state index contributed by atoms with van der Waals surface area (Å²) in [5, 5.41) is 14.2. The highest BCUT2D eigenvalue weighted by molar-refractivity contribution is 5.94. The standard InChI is InChI=1S/C25H27N5O2/c1-32-25(31)18-6-7-20(19(14-18)16-26)24-15-23(21-17-27-10-8-22(21)29-24)28-9-5-13-30-11-3-2-4-12-30/h6-8,10,14-15,17H,2-5,9,11-13H2,1H3,(H,28,29). The molecule has 7 heteroatoms. The third kappa shape index (κ3) is 4.87. The number of ether oxygens (including phenoxy) is 1. The molecule has 0 atom stereocenters. The van der Waals surface area contributed by atoms with Crippen LogP contribution < -0.4 is 5.32 Å². The van der Waals surface area contributed by atoms with Gasteiger partial charge in [-0.25, -0.2) is 9.78 Å². The van der Waals surface area contributed by atoms with E-state index in [9.17, 15) is 10.1 Å². The van der Waals surface area contributed by atoms with Crippen LogP contribution in [-0.2, 0) is 4.74 Å². The largest absolute Gasteiger partial charge is 0.465 e. The van der Waals surface area contributed by atoms with Gasteiger partial charge in [-0.1, -0.05) is 12.5 Å². The van der Waals surface area contributed by atoms with Crippen molar-refractivity contribution in [1.29, 1.82) is 5.26 Å². The lowest BCUT2D eigenvalue weighted by atomic mass is 10.0. The van der Waals surface area contributed by atoms with Crippen molar-refractivity contribution in [3.05, 3.63) is 53.9 Å². The fourth-order valence-electron chi connectivity index (χ4n) is 4.17. The number of nitrogens with zero attached hydrogens (tertiary/aromatic N) is 4. The molecular formula is C25H27N5O2. The summed E-state index contributed by atoms with van der Waals surface area (Å²) in [6, 6.07) is 11.0. The molecule has 3 aromatic rings. The number of esters is 1. The molecule has 0 amide bonds. The fraction of sp³-hybridized carbons (Fsp3) is 0.360. The Balaban J connectivity index is 1.59. The molecule has 1 aliphatic rings. The lowest BCUT2D eigenvalue weighted by Gasteiger charge is -2.26. The van der Waals surface area contributed by atoms with Crippen LogP contribution in [0.1, 0.15) is 41.6 Å². The minimum absolute atomic E-state index is 0.342. The van der Waals surface area contributed by atoms with Gasteiger partial charge >= 0.3 is 5.97 Å². The molecule has 32 heavy (non-hydrogen) atoms. The van der Waals surface area contributed by atoms with E-state index < -0.39 is 5.97 Å². The van der Waals surface area contributed by atoms with Crippen molar-refractivity contribution in [2.24, 2.45) is 0 Å². The summed E-state index contributed by atoms with van der Waals surface area (Å²) in [7, 11) is 1.32. The fourth-order valence-corrected chi connectivity index (χ4v) is 4.17. The number of pyridine rings is 2. The number of fused-ring (bicyclic) bond motifs is 1. The zero-order valence-electron chi connectivity index (χ0n) is 18.3. The Bertz CT molecular complexity index is 1150. The van der Waals surface area contributed by atoms with Gasteiger partial charge in [0, 0.05) is 35.6 Å². The average molecular weight is 430 g/mol. The van der Waals surface area contributed by atoms with Crippen LogP contribution in [0.4, 0.5) is 5.69 Å². The summed E-state index contributed by atoms with van der Waals surface area (Å²) in [5.41, 5.74) is 3.82. The highest BCUT2D eigenvalue weighted by Crippen LogP contribution is 2.30. The number of aromatic nitrogens is 2. The molecule has 0 aliphatic carbocycles. The Morgan fingerprint density at radius 3 is 2.84 bits per heavy atom. The van der Waals surface area contributed by atoms with Gasteiger partial charge in [0.2, 0.25) is 0 Å². The van der Waals surface area contributed by atoms with Crippen molar-refractivity contribution < 1.29 is 9.53 Å². The van der Waals surface area contributed by atoms with Crippen LogP contribution in [0.5, 0.6) is 0 Å². The molecule has 7 nitrogen and oxygen atoms in total. The summed E-state index contributed by atoms with van der Waals surface area (Å²) >= 11 is 0. The van der Waals surface area contributed by atoms with E-state index in [0.717, 1.165) is 36.1 Å². The van der Waals surface area contributed by atoms with Crippen LogP contribution in [0, 0.1) is 11.3 Å². The van der Waals surface area contributed by atoms with Crippen molar-refractivity contribution in [1.82, 2.24) is 14.9 Å². The van der Waals surface area contributed by atoms with E-state index >= 15 is 0 Å². The predicted octanol–water partition coefficient (Wildman–Crippen LogP) is 4.24. The number of rotatable bonds is 7. The van der Waals surface area contributed by atoms with E-state index in [-0.39, 0.29) is 0 Å². The SMILES string of the molecule is COC(=O)c1ccc(-c2cc(NCCCN3CCCCC3)c3cnccc3n2)c(C#N)c1. The van der Waals surface area contributed by atoms with E-state index in [4.69, 9.17) is 9.72 Å². The number of anilines is 1. The zero-order valence-corrected chi connectivity index (χ0v) is 18.3. The highest BCUT2D eigenvalue weighted by atomic mass is 16.5. The van der Waals surface area contributed by atoms with Crippen molar-refractivity contribution in [3.63, 3.8) is 0 Å². The summed E-state index contributed by atoms with van der Waals surface area (Å²) in [6.07, 6.45) is 8.52. The minimum atomic E-state index is -0.471. The Labute approximate surface area is 188 Å². The molecule has 164 valence electrons. The normalized spacial score (nSPS) is 14.1. The van der Waals surface area contributed by atoms with Crippen LogP contribution in [0.25, 0.3) is 22.2 Å².